The summed E-state index contributed by atoms with van der Waals surface area (Å²) >= 11 is 0. The number of nitrogens with zero attached hydrogens (tertiary/aromatic N) is 1. The molecule has 4 heteroatoms. The zero-order valence-electron chi connectivity index (χ0n) is 10.0. The molecule has 1 aromatic rings. The molecule has 1 heterocycles. The standard InChI is InChI=1S/C13H17FN2O/c1-15-12-10(6-5-7-11(12)14)13(17)16-8-3-2-4-9-16/h5-7,15H,2-4,8-9H2,1H3. The SMILES string of the molecule is CNc1c(F)cccc1C(=O)N1CCCCC1. The number of anilines is 1. The molecule has 92 valence electrons. The number of para-hydroxylation sites is 1. The first-order valence-corrected chi connectivity index (χ1v) is 5.99. The molecular weight excluding hydrogens is 219 g/mol. The number of halogens is 1. The highest BCUT2D eigenvalue weighted by Gasteiger charge is 2.21. The van der Waals surface area contributed by atoms with Crippen LogP contribution in [0.2, 0.25) is 0 Å². The molecule has 1 aromatic carbocycles. The summed E-state index contributed by atoms with van der Waals surface area (Å²) in [6.07, 6.45) is 3.25. The van der Waals surface area contributed by atoms with Crippen molar-refractivity contribution in [2.24, 2.45) is 0 Å². The molecule has 0 aromatic heterocycles. The molecule has 0 bridgehead atoms. The Labute approximate surface area is 101 Å². The summed E-state index contributed by atoms with van der Waals surface area (Å²) in [5, 5.41) is 2.76. The van der Waals surface area contributed by atoms with E-state index in [4.69, 9.17) is 0 Å². The molecule has 1 N–H and O–H groups in total. The first kappa shape index (κ1) is 11.9. The third kappa shape index (κ3) is 2.40. The van der Waals surface area contributed by atoms with Gasteiger partial charge in [0.2, 0.25) is 0 Å². The van der Waals surface area contributed by atoms with Crippen LogP contribution in [0.4, 0.5) is 10.1 Å². The Bertz CT molecular complexity index is 414. The predicted molar refractivity (Wildman–Crippen MR) is 65.7 cm³/mol. The van der Waals surface area contributed by atoms with Gasteiger partial charge in [-0.2, -0.15) is 0 Å². The maximum atomic E-state index is 13.5. The number of rotatable bonds is 2. The summed E-state index contributed by atoms with van der Waals surface area (Å²) in [6, 6.07) is 4.61. The molecule has 0 atom stereocenters. The molecule has 0 unspecified atom stereocenters. The van der Waals surface area contributed by atoms with E-state index < -0.39 is 0 Å². The topological polar surface area (TPSA) is 32.3 Å². The first-order chi connectivity index (χ1) is 8.24. The average molecular weight is 236 g/mol. The van der Waals surface area contributed by atoms with Crippen molar-refractivity contribution in [1.29, 1.82) is 0 Å². The van der Waals surface area contributed by atoms with Gasteiger partial charge in [-0.25, -0.2) is 4.39 Å². The van der Waals surface area contributed by atoms with Crippen LogP contribution >= 0.6 is 0 Å². The van der Waals surface area contributed by atoms with Crippen LogP contribution in [0.15, 0.2) is 18.2 Å². The van der Waals surface area contributed by atoms with Gasteiger partial charge in [-0.3, -0.25) is 4.79 Å². The van der Waals surface area contributed by atoms with Crippen molar-refractivity contribution < 1.29 is 9.18 Å². The smallest absolute Gasteiger partial charge is 0.256 e. The van der Waals surface area contributed by atoms with Crippen molar-refractivity contribution in [3.8, 4) is 0 Å². The summed E-state index contributed by atoms with van der Waals surface area (Å²) in [7, 11) is 1.63. The number of benzene rings is 1. The number of carbonyl (C=O) groups excluding carboxylic acids is 1. The third-order valence-corrected chi connectivity index (χ3v) is 3.14. The Morgan fingerprint density at radius 1 is 1.29 bits per heavy atom. The van der Waals surface area contributed by atoms with Gasteiger partial charge in [-0.15, -0.1) is 0 Å². The Morgan fingerprint density at radius 2 is 2.00 bits per heavy atom. The van der Waals surface area contributed by atoms with E-state index in [1.807, 2.05) is 0 Å². The van der Waals surface area contributed by atoms with Crippen molar-refractivity contribution in [1.82, 2.24) is 4.90 Å². The number of likely N-dealkylation sites (tertiary alicyclic amines) is 1. The molecule has 0 spiro atoms. The van der Waals surface area contributed by atoms with Gasteiger partial charge >= 0.3 is 0 Å². The first-order valence-electron chi connectivity index (χ1n) is 5.99. The van der Waals surface area contributed by atoms with Crippen molar-refractivity contribution in [2.75, 3.05) is 25.5 Å². The lowest BCUT2D eigenvalue weighted by Crippen LogP contribution is -2.36. The Morgan fingerprint density at radius 3 is 2.65 bits per heavy atom. The highest BCUT2D eigenvalue weighted by Crippen LogP contribution is 2.22. The second-order valence-electron chi connectivity index (χ2n) is 4.27. The maximum Gasteiger partial charge on any atom is 0.256 e. The van der Waals surface area contributed by atoms with Crippen molar-refractivity contribution >= 4 is 11.6 Å². The van der Waals surface area contributed by atoms with Crippen LogP contribution in [0, 0.1) is 5.82 Å². The van der Waals surface area contributed by atoms with Crippen LogP contribution in [-0.2, 0) is 0 Å². The largest absolute Gasteiger partial charge is 0.385 e. The molecule has 17 heavy (non-hydrogen) atoms. The molecule has 3 nitrogen and oxygen atoms in total. The van der Waals surface area contributed by atoms with Gasteiger partial charge in [0.25, 0.3) is 5.91 Å². The summed E-state index contributed by atoms with van der Waals surface area (Å²) in [5.41, 5.74) is 0.720. The van der Waals surface area contributed by atoms with E-state index in [0.29, 0.717) is 11.3 Å². The number of hydrogen-bond acceptors (Lipinski definition) is 2. The van der Waals surface area contributed by atoms with Crippen LogP contribution in [0.1, 0.15) is 29.6 Å². The highest BCUT2D eigenvalue weighted by molar-refractivity contribution is 5.99. The molecule has 1 fully saturated rings. The monoisotopic (exact) mass is 236 g/mol. The molecule has 0 radical (unpaired) electrons. The lowest BCUT2D eigenvalue weighted by atomic mass is 10.1. The van der Waals surface area contributed by atoms with E-state index >= 15 is 0 Å². The fraction of sp³-hybridized carbons (Fsp3) is 0.462. The molecule has 1 aliphatic heterocycles. The van der Waals surface area contributed by atoms with E-state index in [-0.39, 0.29) is 11.7 Å². The van der Waals surface area contributed by atoms with Gasteiger partial charge < -0.3 is 10.2 Å². The van der Waals surface area contributed by atoms with Gasteiger partial charge in [0.05, 0.1) is 11.3 Å². The zero-order chi connectivity index (χ0) is 12.3. The number of hydrogen-bond donors (Lipinski definition) is 1. The fourth-order valence-corrected chi connectivity index (χ4v) is 2.22. The average Bonchev–Trinajstić information content (AvgIpc) is 2.38. The van der Waals surface area contributed by atoms with Crippen molar-refractivity contribution in [2.45, 2.75) is 19.3 Å². The highest BCUT2D eigenvalue weighted by atomic mass is 19.1. The summed E-state index contributed by atoms with van der Waals surface area (Å²) < 4.78 is 13.5. The number of carbonyl (C=O) groups is 1. The second kappa shape index (κ2) is 5.17. The predicted octanol–water partition coefficient (Wildman–Crippen LogP) is 2.49. The molecule has 1 amide bonds. The minimum absolute atomic E-state index is 0.0754. The molecule has 2 rings (SSSR count). The Kier molecular flexibility index (Phi) is 3.61. The van der Waals surface area contributed by atoms with Crippen LogP contribution in [0.5, 0.6) is 0 Å². The normalized spacial score (nSPS) is 15.8. The van der Waals surface area contributed by atoms with E-state index in [2.05, 4.69) is 5.32 Å². The minimum atomic E-state index is -0.379. The van der Waals surface area contributed by atoms with E-state index in [0.717, 1.165) is 25.9 Å². The van der Waals surface area contributed by atoms with E-state index in [1.54, 1.807) is 24.1 Å². The van der Waals surface area contributed by atoms with Gasteiger partial charge in [-0.05, 0) is 31.4 Å². The van der Waals surface area contributed by atoms with Gasteiger partial charge in [-0.1, -0.05) is 6.07 Å². The lowest BCUT2D eigenvalue weighted by Gasteiger charge is -2.27. The van der Waals surface area contributed by atoms with Gasteiger partial charge in [0.15, 0.2) is 0 Å². The molecule has 1 aliphatic rings. The maximum absolute atomic E-state index is 13.5. The van der Waals surface area contributed by atoms with Crippen LogP contribution in [0.3, 0.4) is 0 Å². The van der Waals surface area contributed by atoms with Gasteiger partial charge in [0.1, 0.15) is 5.82 Å². The van der Waals surface area contributed by atoms with Crippen LogP contribution in [-0.4, -0.2) is 30.9 Å². The van der Waals surface area contributed by atoms with Crippen molar-refractivity contribution in [3.05, 3.63) is 29.6 Å². The fourth-order valence-electron chi connectivity index (χ4n) is 2.22. The molecule has 0 saturated carbocycles. The lowest BCUT2D eigenvalue weighted by molar-refractivity contribution is 0.0725. The summed E-state index contributed by atoms with van der Waals surface area (Å²) in [4.78, 5) is 14.1. The number of nitrogens with one attached hydrogen (secondary N) is 1. The van der Waals surface area contributed by atoms with E-state index in [1.165, 1.54) is 12.5 Å². The van der Waals surface area contributed by atoms with Crippen LogP contribution < -0.4 is 5.32 Å². The number of amides is 1. The number of piperidine rings is 1. The van der Waals surface area contributed by atoms with Gasteiger partial charge in [0, 0.05) is 20.1 Å². The third-order valence-electron chi connectivity index (χ3n) is 3.14. The Balaban J connectivity index is 2.26. The molecule has 1 saturated heterocycles. The van der Waals surface area contributed by atoms with Crippen molar-refractivity contribution in [3.63, 3.8) is 0 Å². The second-order valence-corrected chi connectivity index (χ2v) is 4.27. The zero-order valence-corrected chi connectivity index (χ0v) is 10.0. The summed E-state index contributed by atoms with van der Waals surface area (Å²) in [5.74, 6) is -0.455. The molecule has 0 aliphatic carbocycles. The van der Waals surface area contributed by atoms with Crippen LogP contribution in [0.25, 0.3) is 0 Å². The minimum Gasteiger partial charge on any atom is -0.385 e. The quantitative estimate of drug-likeness (QED) is 0.855. The summed E-state index contributed by atoms with van der Waals surface area (Å²) in [6.45, 7) is 1.55. The van der Waals surface area contributed by atoms with E-state index in [9.17, 15) is 9.18 Å². The molecular formula is C13H17FN2O. The Hall–Kier alpha value is -1.58.